The van der Waals surface area contributed by atoms with Crippen molar-refractivity contribution in [3.63, 3.8) is 0 Å². The van der Waals surface area contributed by atoms with Crippen LogP contribution < -0.4 is 4.87 Å². The summed E-state index contributed by atoms with van der Waals surface area (Å²) in [4.78, 5) is 10.0. The van der Waals surface area contributed by atoms with Crippen molar-refractivity contribution in [2.45, 2.75) is 12.7 Å². The highest BCUT2D eigenvalue weighted by molar-refractivity contribution is 7.07. The first-order chi connectivity index (χ1) is 5.96. The second-order valence-electron chi connectivity index (χ2n) is 2.13. The maximum atomic E-state index is 12.1. The van der Waals surface area contributed by atoms with Crippen LogP contribution >= 0.6 is 11.3 Å². The molecule has 13 heavy (non-hydrogen) atoms. The molecule has 0 unspecified atom stereocenters. The van der Waals surface area contributed by atoms with Crippen LogP contribution in [0.25, 0.3) is 0 Å². The molecule has 70 valence electrons. The highest BCUT2D eigenvalue weighted by Crippen LogP contribution is 2.29. The van der Waals surface area contributed by atoms with Crippen LogP contribution in [0.4, 0.5) is 13.2 Å². The van der Waals surface area contributed by atoms with Crippen molar-refractivity contribution in [1.82, 2.24) is 4.57 Å². The fourth-order valence-corrected chi connectivity index (χ4v) is 1.54. The predicted octanol–water partition coefficient (Wildman–Crippen LogP) is 1.45. The molecule has 1 aromatic rings. The molecule has 0 saturated carbocycles. The fourth-order valence-electron chi connectivity index (χ4n) is 0.772. The van der Waals surface area contributed by atoms with Gasteiger partial charge in [0.15, 0.2) is 0 Å². The Hall–Kier alpha value is -1.29. The van der Waals surface area contributed by atoms with Crippen molar-refractivity contribution in [2.24, 2.45) is 0 Å². The molecule has 1 heterocycles. The second-order valence-corrected chi connectivity index (χ2v) is 2.95. The summed E-state index contributed by atoms with van der Waals surface area (Å²) < 4.78 is 36.8. The van der Waals surface area contributed by atoms with Crippen LogP contribution in [0.15, 0.2) is 10.2 Å². The molecule has 0 aliphatic rings. The van der Waals surface area contributed by atoms with E-state index in [0.717, 1.165) is 0 Å². The molecule has 0 saturated heterocycles. The van der Waals surface area contributed by atoms with Gasteiger partial charge in [-0.1, -0.05) is 11.3 Å². The second kappa shape index (κ2) is 3.22. The quantitative estimate of drug-likeness (QED) is 0.701. The summed E-state index contributed by atoms with van der Waals surface area (Å²) in [5.41, 5.74) is -1.07. The Bertz CT molecular complexity index is 397. The minimum Gasteiger partial charge on any atom is -0.281 e. The zero-order chi connectivity index (χ0) is 10.1. The van der Waals surface area contributed by atoms with E-state index in [9.17, 15) is 18.0 Å². The Morgan fingerprint density at radius 3 is 2.69 bits per heavy atom. The topological polar surface area (TPSA) is 45.8 Å². The lowest BCUT2D eigenvalue weighted by molar-refractivity contribution is -0.143. The van der Waals surface area contributed by atoms with Crippen molar-refractivity contribution in [1.29, 1.82) is 5.26 Å². The standard InChI is InChI=1S/C6H3F3N2OS/c7-6(8,9)4-3-13-5(12)11(4)2-1-10/h3H,2H2. The van der Waals surface area contributed by atoms with Crippen LogP contribution in [0.2, 0.25) is 0 Å². The summed E-state index contributed by atoms with van der Waals surface area (Å²) in [7, 11) is 0. The molecule has 0 amide bonds. The maximum absolute atomic E-state index is 12.1. The van der Waals surface area contributed by atoms with Crippen LogP contribution in [0.5, 0.6) is 0 Å². The molecule has 0 spiro atoms. The zero-order valence-electron chi connectivity index (χ0n) is 6.13. The normalized spacial score (nSPS) is 11.2. The summed E-state index contributed by atoms with van der Waals surface area (Å²) in [6, 6.07) is 1.49. The van der Waals surface area contributed by atoms with Gasteiger partial charge in [0, 0.05) is 5.38 Å². The van der Waals surface area contributed by atoms with E-state index in [2.05, 4.69) is 0 Å². The number of nitrogens with zero attached hydrogens (tertiary/aromatic N) is 2. The molecule has 0 fully saturated rings. The molecule has 0 radical (unpaired) electrons. The van der Waals surface area contributed by atoms with Crippen LogP contribution in [0, 0.1) is 11.3 Å². The molecule has 1 rings (SSSR count). The molecule has 0 aliphatic heterocycles. The monoisotopic (exact) mass is 208 g/mol. The van der Waals surface area contributed by atoms with Gasteiger partial charge in [-0.2, -0.15) is 18.4 Å². The van der Waals surface area contributed by atoms with Gasteiger partial charge < -0.3 is 0 Å². The molecule has 0 atom stereocenters. The number of nitriles is 1. The lowest BCUT2D eigenvalue weighted by Crippen LogP contribution is -2.20. The summed E-state index contributed by atoms with van der Waals surface area (Å²) in [6.45, 7) is -0.572. The van der Waals surface area contributed by atoms with E-state index in [4.69, 9.17) is 5.26 Å². The van der Waals surface area contributed by atoms with E-state index in [1.54, 1.807) is 0 Å². The Kier molecular flexibility index (Phi) is 2.43. The third kappa shape index (κ3) is 1.89. The first-order valence-corrected chi connectivity index (χ1v) is 3.97. The minimum atomic E-state index is -4.57. The molecule has 0 aliphatic carbocycles. The van der Waals surface area contributed by atoms with Gasteiger partial charge in [-0.05, 0) is 0 Å². The lowest BCUT2D eigenvalue weighted by Gasteiger charge is -2.06. The predicted molar refractivity (Wildman–Crippen MR) is 39.2 cm³/mol. The fraction of sp³-hybridized carbons (Fsp3) is 0.333. The maximum Gasteiger partial charge on any atom is 0.432 e. The average molecular weight is 208 g/mol. The number of hydrogen-bond acceptors (Lipinski definition) is 3. The van der Waals surface area contributed by atoms with Crippen molar-refractivity contribution in [3.8, 4) is 6.07 Å². The van der Waals surface area contributed by atoms with E-state index >= 15 is 0 Å². The third-order valence-corrected chi connectivity index (χ3v) is 2.06. The molecular formula is C6H3F3N2OS. The van der Waals surface area contributed by atoms with Crippen molar-refractivity contribution in [2.75, 3.05) is 0 Å². The number of rotatable bonds is 1. The summed E-state index contributed by atoms with van der Waals surface area (Å²) >= 11 is 0.434. The van der Waals surface area contributed by atoms with Gasteiger partial charge in [0.1, 0.15) is 12.2 Å². The Balaban J connectivity index is 3.25. The molecule has 0 N–H and O–H groups in total. The van der Waals surface area contributed by atoms with Crippen molar-refractivity contribution >= 4 is 11.3 Å². The molecule has 7 heteroatoms. The highest BCUT2D eigenvalue weighted by Gasteiger charge is 2.35. The van der Waals surface area contributed by atoms with Gasteiger partial charge in [0.05, 0.1) is 6.07 Å². The van der Waals surface area contributed by atoms with E-state index in [1.165, 1.54) is 6.07 Å². The first kappa shape index (κ1) is 9.80. The molecule has 3 nitrogen and oxygen atoms in total. The SMILES string of the molecule is N#CCn1c(C(F)(F)F)csc1=O. The van der Waals surface area contributed by atoms with Crippen LogP contribution in [-0.2, 0) is 12.7 Å². The average Bonchev–Trinajstić information content (AvgIpc) is 2.32. The van der Waals surface area contributed by atoms with Gasteiger partial charge in [-0.25, -0.2) is 0 Å². The summed E-state index contributed by atoms with van der Waals surface area (Å²) in [6.07, 6.45) is -4.57. The van der Waals surface area contributed by atoms with E-state index in [-0.39, 0.29) is 0 Å². The van der Waals surface area contributed by atoms with Gasteiger partial charge >= 0.3 is 11.0 Å². The lowest BCUT2D eigenvalue weighted by atomic mass is 10.4. The number of aromatic nitrogens is 1. The number of halogens is 3. The highest BCUT2D eigenvalue weighted by atomic mass is 32.1. The smallest absolute Gasteiger partial charge is 0.281 e. The third-order valence-electron chi connectivity index (χ3n) is 1.30. The van der Waals surface area contributed by atoms with Gasteiger partial charge in [-0.15, -0.1) is 0 Å². The van der Waals surface area contributed by atoms with Crippen molar-refractivity contribution < 1.29 is 13.2 Å². The number of alkyl halides is 3. The van der Waals surface area contributed by atoms with E-state index in [1.807, 2.05) is 0 Å². The molecular weight excluding hydrogens is 205 g/mol. The van der Waals surface area contributed by atoms with Gasteiger partial charge in [0.25, 0.3) is 0 Å². The Morgan fingerprint density at radius 2 is 2.23 bits per heavy atom. The van der Waals surface area contributed by atoms with E-state index < -0.39 is 23.3 Å². The molecule has 0 aromatic carbocycles. The minimum absolute atomic E-state index is 0.407. The van der Waals surface area contributed by atoms with E-state index in [0.29, 0.717) is 21.3 Å². The zero-order valence-corrected chi connectivity index (χ0v) is 6.95. The Labute approximate surface area is 74.6 Å². The number of hydrogen-bond donors (Lipinski definition) is 0. The molecule has 1 aromatic heterocycles. The van der Waals surface area contributed by atoms with Crippen LogP contribution in [-0.4, -0.2) is 4.57 Å². The van der Waals surface area contributed by atoms with Gasteiger partial charge in [0.2, 0.25) is 0 Å². The van der Waals surface area contributed by atoms with Gasteiger partial charge in [-0.3, -0.25) is 9.36 Å². The summed E-state index contributed by atoms with van der Waals surface area (Å²) in [5.74, 6) is 0. The largest absolute Gasteiger partial charge is 0.432 e. The van der Waals surface area contributed by atoms with Crippen LogP contribution in [0.3, 0.4) is 0 Å². The summed E-state index contributed by atoms with van der Waals surface area (Å²) in [5, 5.41) is 8.89. The number of thiazole rings is 1. The van der Waals surface area contributed by atoms with Crippen LogP contribution in [0.1, 0.15) is 5.69 Å². The molecule has 0 bridgehead atoms. The Morgan fingerprint density at radius 1 is 1.62 bits per heavy atom. The first-order valence-electron chi connectivity index (χ1n) is 3.09. The van der Waals surface area contributed by atoms with Crippen molar-refractivity contribution in [3.05, 3.63) is 20.7 Å².